The van der Waals surface area contributed by atoms with E-state index < -0.39 is 0 Å². The second kappa shape index (κ2) is 6.48. The molecule has 5 heteroatoms. The van der Waals surface area contributed by atoms with Gasteiger partial charge < -0.3 is 10.5 Å². The smallest absolute Gasteiger partial charge is 0.0702 e. The van der Waals surface area contributed by atoms with Gasteiger partial charge in [0.2, 0.25) is 0 Å². The Morgan fingerprint density at radius 2 is 2.39 bits per heavy atom. The van der Waals surface area contributed by atoms with Gasteiger partial charge in [0.15, 0.2) is 0 Å². The Balaban J connectivity index is 2.07. The molecule has 0 amide bonds. The van der Waals surface area contributed by atoms with E-state index in [1.807, 2.05) is 0 Å². The van der Waals surface area contributed by atoms with Crippen LogP contribution >= 0.6 is 27.3 Å². The van der Waals surface area contributed by atoms with Crippen LogP contribution in [0.25, 0.3) is 0 Å². The number of hydrogen-bond donors (Lipinski definition) is 1. The number of nitrogens with two attached hydrogens (primary N) is 1. The summed E-state index contributed by atoms with van der Waals surface area (Å²) in [4.78, 5) is 3.86. The van der Waals surface area contributed by atoms with Crippen LogP contribution in [0.2, 0.25) is 0 Å². The van der Waals surface area contributed by atoms with Crippen molar-refractivity contribution in [1.82, 2.24) is 4.90 Å². The minimum absolute atomic E-state index is 0.150. The molecule has 1 aliphatic rings. The Morgan fingerprint density at radius 1 is 1.61 bits per heavy atom. The van der Waals surface area contributed by atoms with Gasteiger partial charge in [-0.15, -0.1) is 11.3 Å². The van der Waals surface area contributed by atoms with Gasteiger partial charge in [-0.3, -0.25) is 4.90 Å². The van der Waals surface area contributed by atoms with Crippen LogP contribution in [0.5, 0.6) is 0 Å². The summed E-state index contributed by atoms with van der Waals surface area (Å²) in [5.41, 5.74) is 6.20. The van der Waals surface area contributed by atoms with Gasteiger partial charge in [-0.05, 0) is 53.9 Å². The van der Waals surface area contributed by atoms with Gasteiger partial charge in [-0.1, -0.05) is 0 Å². The molecule has 1 aliphatic heterocycles. The topological polar surface area (TPSA) is 38.5 Å². The summed E-state index contributed by atoms with van der Waals surface area (Å²) in [7, 11) is 1.78. The summed E-state index contributed by atoms with van der Waals surface area (Å²) < 4.78 is 6.44. The van der Waals surface area contributed by atoms with Gasteiger partial charge in [0.25, 0.3) is 0 Å². The number of methoxy groups -OCH3 is 1. The minimum atomic E-state index is 0.150. The zero-order chi connectivity index (χ0) is 13.1. The summed E-state index contributed by atoms with van der Waals surface area (Å²) in [5, 5.41) is 0. The number of likely N-dealkylation sites (tertiary alicyclic amines) is 1. The summed E-state index contributed by atoms with van der Waals surface area (Å²) in [6.45, 7) is 5.17. The quantitative estimate of drug-likeness (QED) is 0.900. The molecule has 1 aromatic rings. The third-order valence-electron chi connectivity index (χ3n) is 3.50. The van der Waals surface area contributed by atoms with Crippen molar-refractivity contribution in [2.75, 3.05) is 26.8 Å². The summed E-state index contributed by atoms with van der Waals surface area (Å²) in [6.07, 6.45) is 1.21. The standard InChI is InChI=1S/C13H21BrN2OS/c1-9(15)13(11-3-4-12(14)18-11)16-6-5-10(7-16)8-17-2/h3-4,9-10,13H,5-8,15H2,1-2H3. The Morgan fingerprint density at radius 3 is 2.94 bits per heavy atom. The van der Waals surface area contributed by atoms with Crippen LogP contribution < -0.4 is 5.73 Å². The molecule has 0 radical (unpaired) electrons. The van der Waals surface area contributed by atoms with Gasteiger partial charge in [-0.25, -0.2) is 0 Å². The molecule has 2 heterocycles. The summed E-state index contributed by atoms with van der Waals surface area (Å²) in [6, 6.07) is 4.78. The van der Waals surface area contributed by atoms with E-state index in [-0.39, 0.29) is 6.04 Å². The first-order valence-electron chi connectivity index (χ1n) is 6.35. The molecular weight excluding hydrogens is 312 g/mol. The molecule has 2 rings (SSSR count). The molecule has 3 atom stereocenters. The third-order valence-corrected chi connectivity index (χ3v) is 5.19. The van der Waals surface area contributed by atoms with Crippen LogP contribution in [0.4, 0.5) is 0 Å². The first-order valence-corrected chi connectivity index (χ1v) is 7.96. The predicted octanol–water partition coefficient (Wildman–Crippen LogP) is 2.87. The molecular formula is C13H21BrN2OS. The number of thiophene rings is 1. The second-order valence-corrected chi connectivity index (χ2v) is 7.55. The van der Waals surface area contributed by atoms with Crippen molar-refractivity contribution in [1.29, 1.82) is 0 Å². The Kier molecular flexibility index (Phi) is 5.21. The molecule has 18 heavy (non-hydrogen) atoms. The molecule has 1 saturated heterocycles. The van der Waals surface area contributed by atoms with Gasteiger partial charge in [0.05, 0.1) is 16.4 Å². The number of hydrogen-bond acceptors (Lipinski definition) is 4. The van der Waals surface area contributed by atoms with Crippen molar-refractivity contribution < 1.29 is 4.74 Å². The maximum atomic E-state index is 6.20. The van der Waals surface area contributed by atoms with Crippen LogP contribution in [-0.2, 0) is 4.74 Å². The molecule has 0 saturated carbocycles. The zero-order valence-electron chi connectivity index (χ0n) is 10.9. The molecule has 102 valence electrons. The predicted molar refractivity (Wildman–Crippen MR) is 80.0 cm³/mol. The fourth-order valence-corrected chi connectivity index (χ4v) is 4.42. The molecule has 0 bridgehead atoms. The van der Waals surface area contributed by atoms with E-state index in [1.54, 1.807) is 18.4 Å². The molecule has 3 unspecified atom stereocenters. The lowest BCUT2D eigenvalue weighted by Gasteiger charge is -2.30. The molecule has 0 spiro atoms. The Bertz CT molecular complexity index is 383. The third kappa shape index (κ3) is 3.33. The van der Waals surface area contributed by atoms with Crippen molar-refractivity contribution in [2.24, 2.45) is 11.7 Å². The van der Waals surface area contributed by atoms with Gasteiger partial charge in [0.1, 0.15) is 0 Å². The SMILES string of the molecule is COCC1CCN(C(c2ccc(Br)s2)C(C)N)C1. The highest BCUT2D eigenvalue weighted by molar-refractivity contribution is 9.11. The summed E-state index contributed by atoms with van der Waals surface area (Å²) in [5.74, 6) is 0.652. The van der Waals surface area contributed by atoms with Crippen molar-refractivity contribution in [3.05, 3.63) is 20.8 Å². The lowest BCUT2D eigenvalue weighted by Crippen LogP contribution is -2.38. The average molecular weight is 333 g/mol. The first kappa shape index (κ1) is 14.5. The number of nitrogens with zero attached hydrogens (tertiary/aromatic N) is 1. The van der Waals surface area contributed by atoms with Gasteiger partial charge in [0, 0.05) is 24.6 Å². The normalized spacial score (nSPS) is 24.3. The van der Waals surface area contributed by atoms with E-state index >= 15 is 0 Å². The number of halogens is 1. The van der Waals surface area contributed by atoms with Crippen LogP contribution in [0.15, 0.2) is 15.9 Å². The maximum absolute atomic E-state index is 6.20. The number of rotatable bonds is 5. The van der Waals surface area contributed by atoms with Gasteiger partial charge >= 0.3 is 0 Å². The van der Waals surface area contributed by atoms with E-state index in [9.17, 15) is 0 Å². The molecule has 3 nitrogen and oxygen atoms in total. The highest BCUT2D eigenvalue weighted by Crippen LogP contribution is 2.35. The zero-order valence-corrected chi connectivity index (χ0v) is 13.3. The average Bonchev–Trinajstić information content (AvgIpc) is 2.90. The maximum Gasteiger partial charge on any atom is 0.0702 e. The van der Waals surface area contributed by atoms with Crippen LogP contribution in [0.1, 0.15) is 24.3 Å². The van der Waals surface area contributed by atoms with Crippen LogP contribution in [0, 0.1) is 5.92 Å². The van der Waals surface area contributed by atoms with Crippen LogP contribution in [-0.4, -0.2) is 37.7 Å². The van der Waals surface area contributed by atoms with E-state index in [0.29, 0.717) is 12.0 Å². The van der Waals surface area contributed by atoms with Crippen molar-refractivity contribution in [3.63, 3.8) is 0 Å². The van der Waals surface area contributed by atoms with Crippen molar-refractivity contribution in [3.8, 4) is 0 Å². The van der Waals surface area contributed by atoms with Gasteiger partial charge in [-0.2, -0.15) is 0 Å². The summed E-state index contributed by atoms with van der Waals surface area (Å²) >= 11 is 5.32. The van der Waals surface area contributed by atoms with E-state index in [4.69, 9.17) is 10.5 Å². The highest BCUT2D eigenvalue weighted by Gasteiger charge is 2.31. The largest absolute Gasteiger partial charge is 0.384 e. The van der Waals surface area contributed by atoms with Crippen molar-refractivity contribution in [2.45, 2.75) is 25.4 Å². The fourth-order valence-electron chi connectivity index (χ4n) is 2.75. The second-order valence-electron chi connectivity index (χ2n) is 5.05. The van der Waals surface area contributed by atoms with Crippen LogP contribution in [0.3, 0.4) is 0 Å². The molecule has 1 fully saturated rings. The minimum Gasteiger partial charge on any atom is -0.384 e. The van der Waals surface area contributed by atoms with E-state index in [2.05, 4.69) is 39.9 Å². The molecule has 0 aliphatic carbocycles. The lowest BCUT2D eigenvalue weighted by molar-refractivity contribution is 0.144. The highest BCUT2D eigenvalue weighted by atomic mass is 79.9. The lowest BCUT2D eigenvalue weighted by atomic mass is 10.1. The van der Waals surface area contributed by atoms with E-state index in [1.165, 1.54) is 15.1 Å². The molecule has 0 aromatic carbocycles. The molecule has 2 N–H and O–H groups in total. The van der Waals surface area contributed by atoms with E-state index in [0.717, 1.165) is 19.7 Å². The Hall–Kier alpha value is 0.0600. The first-order chi connectivity index (χ1) is 8.61. The Labute approximate surface area is 121 Å². The van der Waals surface area contributed by atoms with Crippen molar-refractivity contribution >= 4 is 27.3 Å². The fraction of sp³-hybridized carbons (Fsp3) is 0.692. The molecule has 1 aromatic heterocycles. The monoisotopic (exact) mass is 332 g/mol. The number of ether oxygens (including phenoxy) is 1.